The van der Waals surface area contributed by atoms with E-state index in [4.69, 9.17) is 9.47 Å². The molecular weight excluding hydrogens is 408 g/mol. The first-order chi connectivity index (χ1) is 12.9. The van der Waals surface area contributed by atoms with Crippen molar-refractivity contribution in [1.82, 2.24) is 0 Å². The van der Waals surface area contributed by atoms with Crippen LogP contribution in [0.3, 0.4) is 0 Å². The molecule has 0 aliphatic carbocycles. The molecular formula is C21H27BrN2O3. The van der Waals surface area contributed by atoms with Gasteiger partial charge in [0.25, 0.3) is 0 Å². The van der Waals surface area contributed by atoms with Gasteiger partial charge in [0.05, 0.1) is 18.2 Å². The van der Waals surface area contributed by atoms with Crippen LogP contribution in [0.5, 0.6) is 11.5 Å². The molecule has 0 saturated heterocycles. The number of ether oxygens (including phenoxy) is 2. The Kier molecular flexibility index (Phi) is 7.98. The SMILES string of the molecule is CCCOc1c(Br)cc(CNc2ccc(NC(=O)C(C)C)cc2)cc1OC. The lowest BCUT2D eigenvalue weighted by atomic mass is 10.2. The molecule has 146 valence electrons. The molecule has 0 aliphatic rings. The minimum atomic E-state index is -0.0412. The van der Waals surface area contributed by atoms with E-state index in [-0.39, 0.29) is 11.8 Å². The van der Waals surface area contributed by atoms with E-state index in [0.717, 1.165) is 33.6 Å². The fourth-order valence-corrected chi connectivity index (χ4v) is 2.99. The number of hydrogen-bond acceptors (Lipinski definition) is 4. The molecule has 0 atom stereocenters. The van der Waals surface area contributed by atoms with Crippen LogP contribution in [-0.4, -0.2) is 19.6 Å². The zero-order valence-electron chi connectivity index (χ0n) is 16.3. The molecule has 2 aromatic rings. The Balaban J connectivity index is 2.01. The Morgan fingerprint density at radius 1 is 1.15 bits per heavy atom. The number of benzene rings is 2. The van der Waals surface area contributed by atoms with E-state index in [1.165, 1.54) is 0 Å². The van der Waals surface area contributed by atoms with E-state index in [1.807, 2.05) is 50.2 Å². The van der Waals surface area contributed by atoms with E-state index in [2.05, 4.69) is 33.5 Å². The molecule has 0 heterocycles. The fourth-order valence-electron chi connectivity index (χ4n) is 2.38. The van der Waals surface area contributed by atoms with Crippen LogP contribution in [-0.2, 0) is 11.3 Å². The standard InChI is InChI=1S/C21H27BrN2O3/c1-5-10-27-20-18(22)11-15(12-19(20)26-4)13-23-16-6-8-17(9-7-16)24-21(25)14(2)3/h6-9,11-12,14,23H,5,10,13H2,1-4H3,(H,24,25). The van der Waals surface area contributed by atoms with Crippen molar-refractivity contribution in [3.05, 3.63) is 46.4 Å². The smallest absolute Gasteiger partial charge is 0.226 e. The minimum Gasteiger partial charge on any atom is -0.493 e. The van der Waals surface area contributed by atoms with E-state index in [1.54, 1.807) is 7.11 Å². The van der Waals surface area contributed by atoms with Crippen LogP contribution in [0.15, 0.2) is 40.9 Å². The monoisotopic (exact) mass is 434 g/mol. The van der Waals surface area contributed by atoms with Crippen LogP contribution >= 0.6 is 15.9 Å². The van der Waals surface area contributed by atoms with Gasteiger partial charge in [0.15, 0.2) is 11.5 Å². The highest BCUT2D eigenvalue weighted by atomic mass is 79.9. The topological polar surface area (TPSA) is 59.6 Å². The highest BCUT2D eigenvalue weighted by Crippen LogP contribution is 2.37. The van der Waals surface area contributed by atoms with E-state index >= 15 is 0 Å². The average Bonchev–Trinajstić information content (AvgIpc) is 2.66. The summed E-state index contributed by atoms with van der Waals surface area (Å²) in [5.41, 5.74) is 2.83. The number of methoxy groups -OCH3 is 1. The molecule has 1 amide bonds. The van der Waals surface area contributed by atoms with Crippen molar-refractivity contribution < 1.29 is 14.3 Å². The Morgan fingerprint density at radius 2 is 1.81 bits per heavy atom. The molecule has 2 aromatic carbocycles. The van der Waals surface area contributed by atoms with Crippen molar-refractivity contribution in [2.75, 3.05) is 24.4 Å². The maximum Gasteiger partial charge on any atom is 0.226 e. The van der Waals surface area contributed by atoms with Gasteiger partial charge in [0.1, 0.15) is 0 Å². The number of anilines is 2. The van der Waals surface area contributed by atoms with Crippen molar-refractivity contribution in [1.29, 1.82) is 0 Å². The minimum absolute atomic E-state index is 0.0121. The molecule has 0 fully saturated rings. The zero-order valence-corrected chi connectivity index (χ0v) is 17.9. The molecule has 0 aromatic heterocycles. The summed E-state index contributed by atoms with van der Waals surface area (Å²) in [5, 5.41) is 6.26. The third-order valence-electron chi connectivity index (χ3n) is 3.91. The Hall–Kier alpha value is -2.21. The lowest BCUT2D eigenvalue weighted by molar-refractivity contribution is -0.118. The molecule has 0 saturated carbocycles. The van der Waals surface area contributed by atoms with Crippen LogP contribution < -0.4 is 20.1 Å². The third-order valence-corrected chi connectivity index (χ3v) is 4.50. The molecule has 0 aliphatic heterocycles. The van der Waals surface area contributed by atoms with Crippen LogP contribution in [0.25, 0.3) is 0 Å². The van der Waals surface area contributed by atoms with Gasteiger partial charge in [-0.25, -0.2) is 0 Å². The second kappa shape index (κ2) is 10.2. The summed E-state index contributed by atoms with van der Waals surface area (Å²) in [4.78, 5) is 11.7. The largest absolute Gasteiger partial charge is 0.493 e. The summed E-state index contributed by atoms with van der Waals surface area (Å²) < 4.78 is 12.1. The highest BCUT2D eigenvalue weighted by molar-refractivity contribution is 9.10. The average molecular weight is 435 g/mol. The van der Waals surface area contributed by atoms with E-state index in [0.29, 0.717) is 18.9 Å². The summed E-state index contributed by atoms with van der Waals surface area (Å²) in [6, 6.07) is 11.7. The first-order valence-corrected chi connectivity index (χ1v) is 9.87. The number of rotatable bonds is 9. The van der Waals surface area contributed by atoms with Crippen LogP contribution in [0, 0.1) is 5.92 Å². The second-order valence-electron chi connectivity index (χ2n) is 6.53. The van der Waals surface area contributed by atoms with Gasteiger partial charge in [0, 0.05) is 23.8 Å². The van der Waals surface area contributed by atoms with E-state index < -0.39 is 0 Å². The van der Waals surface area contributed by atoms with Crippen molar-refractivity contribution in [2.45, 2.75) is 33.7 Å². The lowest BCUT2D eigenvalue weighted by Gasteiger charge is -2.15. The number of amides is 1. The fraction of sp³-hybridized carbons (Fsp3) is 0.381. The first kappa shape index (κ1) is 21.1. The number of carbonyl (C=O) groups is 1. The van der Waals surface area contributed by atoms with Crippen molar-refractivity contribution in [3.63, 3.8) is 0 Å². The maximum atomic E-state index is 11.7. The predicted molar refractivity (Wildman–Crippen MR) is 114 cm³/mol. The molecule has 2 rings (SSSR count). The van der Waals surface area contributed by atoms with Gasteiger partial charge in [-0.1, -0.05) is 20.8 Å². The van der Waals surface area contributed by atoms with Gasteiger partial charge in [-0.3, -0.25) is 4.79 Å². The van der Waals surface area contributed by atoms with Gasteiger partial charge >= 0.3 is 0 Å². The van der Waals surface area contributed by atoms with Gasteiger partial charge in [-0.2, -0.15) is 0 Å². The molecule has 0 unspecified atom stereocenters. The van der Waals surface area contributed by atoms with Gasteiger partial charge in [-0.15, -0.1) is 0 Å². The highest BCUT2D eigenvalue weighted by Gasteiger charge is 2.12. The zero-order chi connectivity index (χ0) is 19.8. The summed E-state index contributed by atoms with van der Waals surface area (Å²) in [6.07, 6.45) is 0.937. The summed E-state index contributed by atoms with van der Waals surface area (Å²) in [7, 11) is 1.64. The first-order valence-electron chi connectivity index (χ1n) is 9.08. The van der Waals surface area contributed by atoms with Crippen LogP contribution in [0.1, 0.15) is 32.8 Å². The molecule has 5 nitrogen and oxygen atoms in total. The molecule has 2 N–H and O–H groups in total. The second-order valence-corrected chi connectivity index (χ2v) is 7.39. The quantitative estimate of drug-likeness (QED) is 0.550. The van der Waals surface area contributed by atoms with Crippen LogP contribution in [0.2, 0.25) is 0 Å². The number of carbonyl (C=O) groups excluding carboxylic acids is 1. The van der Waals surface area contributed by atoms with Crippen molar-refractivity contribution >= 4 is 33.2 Å². The molecule has 0 spiro atoms. The molecule has 27 heavy (non-hydrogen) atoms. The van der Waals surface area contributed by atoms with Gasteiger partial charge in [-0.05, 0) is 64.3 Å². The molecule has 6 heteroatoms. The van der Waals surface area contributed by atoms with Crippen molar-refractivity contribution in [2.24, 2.45) is 5.92 Å². The molecule has 0 radical (unpaired) electrons. The summed E-state index contributed by atoms with van der Waals surface area (Å²) in [5.74, 6) is 1.41. The number of halogens is 1. The van der Waals surface area contributed by atoms with E-state index in [9.17, 15) is 4.79 Å². The Labute approximate surface area is 169 Å². The maximum absolute atomic E-state index is 11.7. The molecule has 0 bridgehead atoms. The van der Waals surface area contributed by atoms with Gasteiger partial charge in [0.2, 0.25) is 5.91 Å². The third kappa shape index (κ3) is 6.17. The Bertz CT molecular complexity index is 761. The van der Waals surface area contributed by atoms with Gasteiger partial charge < -0.3 is 20.1 Å². The predicted octanol–water partition coefficient (Wildman–Crippen LogP) is 5.45. The lowest BCUT2D eigenvalue weighted by Crippen LogP contribution is -2.17. The number of nitrogens with one attached hydrogen (secondary N) is 2. The normalized spacial score (nSPS) is 10.6. The van der Waals surface area contributed by atoms with Crippen LogP contribution in [0.4, 0.5) is 11.4 Å². The van der Waals surface area contributed by atoms with Crippen molar-refractivity contribution in [3.8, 4) is 11.5 Å². The number of hydrogen-bond donors (Lipinski definition) is 2. The summed E-state index contributed by atoms with van der Waals surface area (Å²) in [6.45, 7) is 7.09. The summed E-state index contributed by atoms with van der Waals surface area (Å²) >= 11 is 3.57. The Morgan fingerprint density at radius 3 is 2.41 bits per heavy atom.